The van der Waals surface area contributed by atoms with E-state index in [0.717, 1.165) is 5.92 Å². The molecule has 3 nitrogen and oxygen atoms in total. The van der Waals surface area contributed by atoms with Gasteiger partial charge in [-0.15, -0.1) is 0 Å². The summed E-state index contributed by atoms with van der Waals surface area (Å²) in [5, 5.41) is 14.5. The summed E-state index contributed by atoms with van der Waals surface area (Å²) in [5.74, 6) is 0.803. The van der Waals surface area contributed by atoms with Crippen LogP contribution in [0.4, 0.5) is 0 Å². The zero-order valence-corrected chi connectivity index (χ0v) is 10.1. The molecule has 0 bridgehead atoms. The van der Waals surface area contributed by atoms with Crippen LogP contribution in [0.1, 0.15) is 24.3 Å². The van der Waals surface area contributed by atoms with E-state index < -0.39 is 0 Å². The molecule has 0 aromatic heterocycles. The van der Waals surface area contributed by atoms with Crippen LogP contribution in [-0.4, -0.2) is 25.0 Å². The predicted octanol–water partition coefficient (Wildman–Crippen LogP) is 2.53. The topological polar surface area (TPSA) is 50.8 Å². The lowest BCUT2D eigenvalue weighted by atomic mass is 9.90. The first kappa shape index (κ1) is 13.2. The highest BCUT2D eigenvalue weighted by Gasteiger charge is 2.17. The Hall–Kier alpha value is -1.84. The standard InChI is InChI=1S/C12H17N.C2N2/c1-13-9-7-12(8-10-13)11-5-3-2-4-6-11;3-1-2-4/h2-6,12H,7-10H2,1H3;. The summed E-state index contributed by atoms with van der Waals surface area (Å²) in [6.45, 7) is 2.50. The Morgan fingerprint density at radius 3 is 2.06 bits per heavy atom. The molecule has 1 aliphatic heterocycles. The normalized spacial score (nSPS) is 16.2. The number of nitriles is 2. The van der Waals surface area contributed by atoms with Crippen molar-refractivity contribution in [2.24, 2.45) is 0 Å². The maximum atomic E-state index is 7.26. The van der Waals surface area contributed by atoms with Gasteiger partial charge >= 0.3 is 0 Å². The van der Waals surface area contributed by atoms with E-state index >= 15 is 0 Å². The third-order valence-electron chi connectivity index (χ3n) is 3.04. The molecule has 88 valence electrons. The van der Waals surface area contributed by atoms with Gasteiger partial charge in [-0.2, -0.15) is 10.5 Å². The van der Waals surface area contributed by atoms with Gasteiger partial charge in [-0.05, 0) is 44.5 Å². The van der Waals surface area contributed by atoms with Crippen molar-refractivity contribution in [1.82, 2.24) is 4.90 Å². The van der Waals surface area contributed by atoms with Crippen LogP contribution in [0.3, 0.4) is 0 Å². The Morgan fingerprint density at radius 1 is 1.06 bits per heavy atom. The molecule has 0 N–H and O–H groups in total. The van der Waals surface area contributed by atoms with Crippen molar-refractivity contribution < 1.29 is 0 Å². The first-order chi connectivity index (χ1) is 8.27. The number of piperidine rings is 1. The molecular formula is C14H17N3. The van der Waals surface area contributed by atoms with E-state index in [1.807, 2.05) is 0 Å². The average Bonchev–Trinajstić information content (AvgIpc) is 2.41. The average molecular weight is 227 g/mol. The number of hydrogen-bond acceptors (Lipinski definition) is 3. The molecule has 1 heterocycles. The molecule has 0 unspecified atom stereocenters. The maximum absolute atomic E-state index is 7.26. The van der Waals surface area contributed by atoms with Crippen molar-refractivity contribution >= 4 is 0 Å². The van der Waals surface area contributed by atoms with Gasteiger partial charge in [0.25, 0.3) is 0 Å². The van der Waals surface area contributed by atoms with Crippen LogP contribution in [-0.2, 0) is 0 Å². The highest BCUT2D eigenvalue weighted by Crippen LogP contribution is 2.26. The summed E-state index contributed by atoms with van der Waals surface area (Å²) in [7, 11) is 2.21. The molecule has 3 heteroatoms. The molecule has 1 saturated heterocycles. The highest BCUT2D eigenvalue weighted by atomic mass is 15.1. The summed E-state index contributed by atoms with van der Waals surface area (Å²) in [6.07, 6.45) is 2.64. The molecule has 0 amide bonds. The molecule has 1 aromatic rings. The van der Waals surface area contributed by atoms with Crippen molar-refractivity contribution in [3.63, 3.8) is 0 Å². The van der Waals surface area contributed by atoms with Gasteiger partial charge in [0.1, 0.15) is 0 Å². The summed E-state index contributed by atoms with van der Waals surface area (Å²) >= 11 is 0. The van der Waals surface area contributed by atoms with Gasteiger partial charge < -0.3 is 4.90 Å². The van der Waals surface area contributed by atoms with Crippen LogP contribution in [0.2, 0.25) is 0 Å². The Bertz CT molecular complexity index is 380. The molecule has 17 heavy (non-hydrogen) atoms. The van der Waals surface area contributed by atoms with E-state index in [-0.39, 0.29) is 0 Å². The van der Waals surface area contributed by atoms with Crippen LogP contribution in [0, 0.1) is 22.7 Å². The summed E-state index contributed by atoms with van der Waals surface area (Å²) in [4.78, 5) is 2.42. The van der Waals surface area contributed by atoms with E-state index in [0.29, 0.717) is 0 Å². The van der Waals surface area contributed by atoms with Gasteiger partial charge in [-0.3, -0.25) is 0 Å². The van der Waals surface area contributed by atoms with Crippen molar-refractivity contribution in [3.05, 3.63) is 35.9 Å². The summed E-state index contributed by atoms with van der Waals surface area (Å²) < 4.78 is 0. The minimum Gasteiger partial charge on any atom is -0.306 e. The third kappa shape index (κ3) is 4.68. The first-order valence-electron chi connectivity index (χ1n) is 5.79. The van der Waals surface area contributed by atoms with E-state index in [9.17, 15) is 0 Å². The van der Waals surface area contributed by atoms with Gasteiger partial charge in [0.05, 0.1) is 0 Å². The number of benzene rings is 1. The SMILES string of the molecule is CN1CCC(c2ccccc2)CC1.N#CC#N. The lowest BCUT2D eigenvalue weighted by molar-refractivity contribution is 0.255. The Labute approximate surface area is 103 Å². The van der Waals surface area contributed by atoms with Gasteiger partial charge in [0, 0.05) is 0 Å². The van der Waals surface area contributed by atoms with Crippen LogP contribution in [0.15, 0.2) is 30.3 Å². The van der Waals surface area contributed by atoms with Crippen molar-refractivity contribution in [2.75, 3.05) is 20.1 Å². The monoisotopic (exact) mass is 227 g/mol. The molecule has 1 aliphatic rings. The van der Waals surface area contributed by atoms with E-state index in [1.54, 1.807) is 0 Å². The number of rotatable bonds is 1. The second-order valence-corrected chi connectivity index (χ2v) is 4.21. The molecule has 1 fully saturated rings. The summed E-state index contributed by atoms with van der Waals surface area (Å²) in [6, 6.07) is 13.4. The van der Waals surface area contributed by atoms with Crippen LogP contribution in [0.25, 0.3) is 0 Å². The third-order valence-corrected chi connectivity index (χ3v) is 3.04. The van der Waals surface area contributed by atoms with Crippen molar-refractivity contribution in [2.45, 2.75) is 18.8 Å². The quantitative estimate of drug-likeness (QED) is 0.740. The Kier molecular flexibility index (Phi) is 5.79. The van der Waals surface area contributed by atoms with Gasteiger partial charge in [-0.1, -0.05) is 30.3 Å². The second kappa shape index (κ2) is 7.44. The minimum absolute atomic E-state index is 0.803. The lowest BCUT2D eigenvalue weighted by Gasteiger charge is -2.29. The fourth-order valence-corrected chi connectivity index (χ4v) is 2.07. The predicted molar refractivity (Wildman–Crippen MR) is 67.1 cm³/mol. The van der Waals surface area contributed by atoms with Crippen LogP contribution < -0.4 is 0 Å². The molecule has 0 atom stereocenters. The largest absolute Gasteiger partial charge is 0.306 e. The van der Waals surface area contributed by atoms with Gasteiger partial charge in [0.15, 0.2) is 12.1 Å². The van der Waals surface area contributed by atoms with Gasteiger partial charge in [-0.25, -0.2) is 0 Å². The Morgan fingerprint density at radius 2 is 1.59 bits per heavy atom. The van der Waals surface area contributed by atoms with Crippen LogP contribution >= 0.6 is 0 Å². The van der Waals surface area contributed by atoms with E-state index in [4.69, 9.17) is 10.5 Å². The minimum atomic E-state index is 0.803. The molecule has 0 saturated carbocycles. The fraction of sp³-hybridized carbons (Fsp3) is 0.429. The fourth-order valence-electron chi connectivity index (χ4n) is 2.07. The smallest absolute Gasteiger partial charge is 0.181 e. The number of hydrogen-bond donors (Lipinski definition) is 0. The molecule has 0 spiro atoms. The number of likely N-dealkylation sites (tertiary alicyclic amines) is 1. The molecule has 0 radical (unpaired) electrons. The molecule has 1 aromatic carbocycles. The van der Waals surface area contributed by atoms with Gasteiger partial charge in [0.2, 0.25) is 0 Å². The highest BCUT2D eigenvalue weighted by molar-refractivity contribution is 5.19. The van der Waals surface area contributed by atoms with E-state index in [1.165, 1.54) is 43.6 Å². The Balaban J connectivity index is 0.000000317. The zero-order chi connectivity index (χ0) is 12.5. The first-order valence-corrected chi connectivity index (χ1v) is 5.79. The zero-order valence-electron chi connectivity index (χ0n) is 10.1. The van der Waals surface area contributed by atoms with E-state index in [2.05, 4.69) is 42.3 Å². The number of nitrogens with zero attached hydrogens (tertiary/aromatic N) is 3. The molecular weight excluding hydrogens is 210 g/mol. The second-order valence-electron chi connectivity index (χ2n) is 4.21. The lowest BCUT2D eigenvalue weighted by Crippen LogP contribution is -2.29. The molecule has 0 aliphatic carbocycles. The van der Waals surface area contributed by atoms with Crippen molar-refractivity contribution in [3.8, 4) is 12.1 Å². The summed E-state index contributed by atoms with van der Waals surface area (Å²) in [5.41, 5.74) is 1.52. The van der Waals surface area contributed by atoms with Crippen molar-refractivity contribution in [1.29, 1.82) is 10.5 Å². The maximum Gasteiger partial charge on any atom is 0.181 e. The van der Waals surface area contributed by atoms with Crippen LogP contribution in [0.5, 0.6) is 0 Å². The molecule has 2 rings (SSSR count).